The van der Waals surface area contributed by atoms with Crippen molar-refractivity contribution in [1.82, 2.24) is 4.90 Å². The highest BCUT2D eigenvalue weighted by Crippen LogP contribution is 2.22. The van der Waals surface area contributed by atoms with Gasteiger partial charge in [-0.05, 0) is 61.9 Å². The van der Waals surface area contributed by atoms with Crippen LogP contribution in [0.4, 0.5) is 5.69 Å². The van der Waals surface area contributed by atoms with Crippen molar-refractivity contribution >= 4 is 23.4 Å². The molecule has 126 valence electrons. The van der Waals surface area contributed by atoms with Gasteiger partial charge in [0.15, 0.2) is 0 Å². The quantitative estimate of drug-likeness (QED) is 0.847. The summed E-state index contributed by atoms with van der Waals surface area (Å²) >= 11 is 1.68. The van der Waals surface area contributed by atoms with Crippen LogP contribution in [-0.4, -0.2) is 29.6 Å². The number of hydrogen-bond donors (Lipinski definition) is 1. The number of nitrogens with zero attached hydrogens (tertiary/aromatic N) is 1. The number of thioether (sulfide) groups is 1. The van der Waals surface area contributed by atoms with Gasteiger partial charge in [-0.15, -0.1) is 11.8 Å². The molecule has 0 radical (unpaired) electrons. The van der Waals surface area contributed by atoms with Gasteiger partial charge in [-0.3, -0.25) is 9.69 Å². The van der Waals surface area contributed by atoms with Crippen LogP contribution in [0.15, 0.2) is 53.4 Å². The van der Waals surface area contributed by atoms with Gasteiger partial charge < -0.3 is 5.32 Å². The Labute approximate surface area is 148 Å². The summed E-state index contributed by atoms with van der Waals surface area (Å²) in [7, 11) is 0. The Kier molecular flexibility index (Phi) is 5.59. The van der Waals surface area contributed by atoms with Crippen LogP contribution in [0.1, 0.15) is 24.5 Å². The van der Waals surface area contributed by atoms with Gasteiger partial charge in [-0.2, -0.15) is 0 Å². The second-order valence-electron chi connectivity index (χ2n) is 6.24. The van der Waals surface area contributed by atoms with Crippen LogP contribution in [0.2, 0.25) is 0 Å². The van der Waals surface area contributed by atoms with E-state index in [1.54, 1.807) is 11.8 Å². The van der Waals surface area contributed by atoms with Crippen molar-refractivity contribution in [3.05, 3.63) is 59.7 Å². The second-order valence-corrected chi connectivity index (χ2v) is 7.12. The first-order valence-electron chi connectivity index (χ1n) is 8.43. The molecule has 1 unspecified atom stereocenters. The highest BCUT2D eigenvalue weighted by atomic mass is 32.2. The molecule has 1 aliphatic heterocycles. The van der Waals surface area contributed by atoms with Crippen molar-refractivity contribution in [3.63, 3.8) is 0 Å². The molecule has 0 saturated carbocycles. The lowest BCUT2D eigenvalue weighted by Gasteiger charge is -2.27. The first-order chi connectivity index (χ1) is 11.7. The lowest BCUT2D eigenvalue weighted by Crippen LogP contribution is -2.41. The number of carbonyl (C=O) groups excluding carboxylic acids is 1. The Balaban J connectivity index is 1.69. The van der Waals surface area contributed by atoms with Gasteiger partial charge in [0, 0.05) is 17.1 Å². The molecule has 24 heavy (non-hydrogen) atoms. The smallest absolute Gasteiger partial charge is 0.241 e. The van der Waals surface area contributed by atoms with Crippen molar-refractivity contribution in [2.75, 3.05) is 18.1 Å². The molecule has 2 aromatic rings. The molecule has 3 nitrogen and oxygen atoms in total. The second kappa shape index (κ2) is 7.86. The Hall–Kier alpha value is -1.78. The maximum atomic E-state index is 12.7. The van der Waals surface area contributed by atoms with Crippen LogP contribution < -0.4 is 5.32 Å². The highest BCUT2D eigenvalue weighted by molar-refractivity contribution is 7.98. The number of nitrogens with one attached hydrogen (secondary N) is 1. The van der Waals surface area contributed by atoms with Gasteiger partial charge >= 0.3 is 0 Å². The molecule has 3 rings (SSSR count). The van der Waals surface area contributed by atoms with E-state index in [1.807, 2.05) is 31.4 Å². The summed E-state index contributed by atoms with van der Waals surface area (Å²) in [5.74, 6) is 0.0626. The third-order valence-corrected chi connectivity index (χ3v) is 5.37. The summed E-state index contributed by atoms with van der Waals surface area (Å²) in [6.07, 6.45) is 4.23. The third kappa shape index (κ3) is 4.00. The fourth-order valence-electron chi connectivity index (χ4n) is 3.17. The van der Waals surface area contributed by atoms with Gasteiger partial charge in [-0.25, -0.2) is 0 Å². The number of carbonyl (C=O) groups is 1. The van der Waals surface area contributed by atoms with Crippen LogP contribution in [0.25, 0.3) is 0 Å². The molecule has 1 atom stereocenters. The summed E-state index contributed by atoms with van der Waals surface area (Å²) in [5, 5.41) is 3.06. The zero-order chi connectivity index (χ0) is 16.9. The average Bonchev–Trinajstić information content (AvgIpc) is 2.83. The first-order valence-corrected chi connectivity index (χ1v) is 9.65. The predicted molar refractivity (Wildman–Crippen MR) is 101 cm³/mol. The van der Waals surface area contributed by atoms with E-state index in [0.29, 0.717) is 0 Å². The van der Waals surface area contributed by atoms with Crippen LogP contribution in [0, 0.1) is 0 Å². The first kappa shape index (κ1) is 17.1. The minimum absolute atomic E-state index is 0.0626. The topological polar surface area (TPSA) is 32.3 Å². The van der Waals surface area contributed by atoms with Gasteiger partial charge in [0.2, 0.25) is 5.91 Å². The average molecular weight is 340 g/mol. The van der Waals surface area contributed by atoms with Crippen molar-refractivity contribution in [1.29, 1.82) is 0 Å². The summed E-state index contributed by atoms with van der Waals surface area (Å²) in [6.45, 7) is 3.80. The summed E-state index contributed by atoms with van der Waals surface area (Å²) in [4.78, 5) is 16.1. The van der Waals surface area contributed by atoms with Gasteiger partial charge in [-0.1, -0.05) is 30.3 Å². The van der Waals surface area contributed by atoms with Crippen molar-refractivity contribution in [2.24, 2.45) is 0 Å². The molecule has 2 aromatic carbocycles. The molecule has 4 heteroatoms. The van der Waals surface area contributed by atoms with Crippen molar-refractivity contribution in [2.45, 2.75) is 37.2 Å². The van der Waals surface area contributed by atoms with Gasteiger partial charge in [0.25, 0.3) is 0 Å². The Morgan fingerprint density at radius 2 is 1.96 bits per heavy atom. The molecule has 0 bridgehead atoms. The molecule has 1 heterocycles. The molecule has 1 amide bonds. The number of fused-ring (bicyclic) bond motifs is 1. The minimum atomic E-state index is -0.144. The molecule has 1 aliphatic rings. The minimum Gasteiger partial charge on any atom is -0.325 e. The van der Waals surface area contributed by atoms with Crippen molar-refractivity contribution < 1.29 is 4.79 Å². The Morgan fingerprint density at radius 1 is 1.17 bits per heavy atom. The molecule has 0 spiro atoms. The molecule has 0 aromatic heterocycles. The lowest BCUT2D eigenvalue weighted by atomic mass is 10.0. The summed E-state index contributed by atoms with van der Waals surface area (Å²) in [5.41, 5.74) is 3.63. The Morgan fingerprint density at radius 3 is 2.75 bits per heavy atom. The molecule has 1 N–H and O–H groups in total. The molecular formula is C20H24N2OS. The maximum Gasteiger partial charge on any atom is 0.241 e. The van der Waals surface area contributed by atoms with E-state index < -0.39 is 0 Å². The van der Waals surface area contributed by atoms with Crippen LogP contribution in [0.5, 0.6) is 0 Å². The third-order valence-electron chi connectivity index (χ3n) is 4.65. The number of aryl methyl sites for hydroxylation is 1. The monoisotopic (exact) mass is 340 g/mol. The van der Waals surface area contributed by atoms with Crippen LogP contribution in [0.3, 0.4) is 0 Å². The van der Waals surface area contributed by atoms with Crippen molar-refractivity contribution in [3.8, 4) is 0 Å². The highest BCUT2D eigenvalue weighted by Gasteiger charge is 2.24. The summed E-state index contributed by atoms with van der Waals surface area (Å²) < 4.78 is 0. The van der Waals surface area contributed by atoms with E-state index in [4.69, 9.17) is 0 Å². The summed E-state index contributed by atoms with van der Waals surface area (Å²) in [6, 6.07) is 16.4. The molecule has 0 fully saturated rings. The van der Waals surface area contributed by atoms with E-state index in [-0.39, 0.29) is 11.9 Å². The normalized spacial score (nSPS) is 16.1. The van der Waals surface area contributed by atoms with Gasteiger partial charge in [0.1, 0.15) is 0 Å². The van der Waals surface area contributed by atoms with E-state index in [2.05, 4.69) is 40.5 Å². The van der Waals surface area contributed by atoms with E-state index >= 15 is 0 Å². The zero-order valence-electron chi connectivity index (χ0n) is 14.3. The largest absolute Gasteiger partial charge is 0.325 e. The zero-order valence-corrected chi connectivity index (χ0v) is 15.1. The lowest BCUT2D eigenvalue weighted by molar-refractivity contribution is -0.121. The SMILES string of the molecule is CSc1cccc(NC(=O)C(C)N2CCCc3ccccc3C2)c1. The fraction of sp³-hybridized carbons (Fsp3) is 0.350. The molecular weight excluding hydrogens is 316 g/mol. The number of rotatable bonds is 4. The van der Waals surface area contributed by atoms with E-state index in [0.717, 1.165) is 36.5 Å². The number of anilines is 1. The number of amides is 1. The van der Waals surface area contributed by atoms with Crippen LogP contribution >= 0.6 is 11.8 Å². The molecule has 0 aliphatic carbocycles. The van der Waals surface area contributed by atoms with Gasteiger partial charge in [0.05, 0.1) is 6.04 Å². The van der Waals surface area contributed by atoms with Crippen LogP contribution in [-0.2, 0) is 17.8 Å². The number of benzene rings is 2. The van der Waals surface area contributed by atoms with E-state index in [1.165, 1.54) is 11.1 Å². The maximum absolute atomic E-state index is 12.7. The standard InChI is InChI=1S/C20H24N2OS/c1-15(20(23)21-18-10-5-11-19(13-18)24-2)22-12-6-9-16-7-3-4-8-17(16)14-22/h3-5,7-8,10-11,13,15H,6,9,12,14H2,1-2H3,(H,21,23). The Bertz CT molecular complexity index is 716. The predicted octanol–water partition coefficient (Wildman–Crippen LogP) is 4.18. The van der Waals surface area contributed by atoms with E-state index in [9.17, 15) is 4.79 Å². The molecule has 0 saturated heterocycles. The fourth-order valence-corrected chi connectivity index (χ4v) is 3.63. The number of hydrogen-bond acceptors (Lipinski definition) is 3.